The van der Waals surface area contributed by atoms with Gasteiger partial charge >= 0.3 is 0 Å². The molecule has 0 amide bonds. The molecule has 2 aromatic rings. The monoisotopic (exact) mass is 230 g/mol. The molecular weight excluding hydrogens is 220 g/mol. The first-order valence-corrected chi connectivity index (χ1v) is 6.00. The number of fused-ring (bicyclic) bond motifs is 4. The van der Waals surface area contributed by atoms with Crippen LogP contribution in [0.3, 0.4) is 0 Å². The Morgan fingerprint density at radius 2 is 1.83 bits per heavy atom. The molecule has 0 spiro atoms. The van der Waals surface area contributed by atoms with E-state index >= 15 is 0 Å². The van der Waals surface area contributed by atoms with Crippen LogP contribution in [-0.4, -0.2) is 5.78 Å². The summed E-state index contributed by atoms with van der Waals surface area (Å²) in [6.45, 7) is 0. The molecule has 0 saturated heterocycles. The molecule has 0 unspecified atom stereocenters. The molecule has 1 heteroatoms. The molecule has 0 bridgehead atoms. The Balaban J connectivity index is 2.23. The summed E-state index contributed by atoms with van der Waals surface area (Å²) in [5, 5.41) is 4.62. The lowest BCUT2D eigenvalue weighted by atomic mass is 9.97. The second kappa shape index (κ2) is 3.30. The van der Waals surface area contributed by atoms with Gasteiger partial charge in [0, 0.05) is 0 Å². The number of allylic oxidation sites excluding steroid dienone is 2. The second-order valence-electron chi connectivity index (χ2n) is 4.68. The Hall–Kier alpha value is -2.41. The highest BCUT2D eigenvalue weighted by molar-refractivity contribution is 6.18. The molecule has 18 heavy (non-hydrogen) atoms. The predicted octanol–water partition coefficient (Wildman–Crippen LogP) is 2.02. The molecular formula is C17H10O. The SMILES string of the molecule is O=C1C=Cc2ccc3cc4c(cc3c2=C1)=CC=C4. The second-order valence-corrected chi connectivity index (χ2v) is 4.68. The van der Waals surface area contributed by atoms with Crippen LogP contribution >= 0.6 is 0 Å². The average molecular weight is 230 g/mol. The minimum absolute atomic E-state index is 0.0672. The van der Waals surface area contributed by atoms with Crippen LogP contribution in [0, 0.1) is 0 Å². The van der Waals surface area contributed by atoms with E-state index < -0.39 is 0 Å². The van der Waals surface area contributed by atoms with Gasteiger partial charge in [-0.15, -0.1) is 0 Å². The molecule has 0 fully saturated rings. The van der Waals surface area contributed by atoms with Gasteiger partial charge in [0.2, 0.25) is 0 Å². The Morgan fingerprint density at radius 3 is 2.78 bits per heavy atom. The maximum absolute atomic E-state index is 11.5. The summed E-state index contributed by atoms with van der Waals surface area (Å²) in [4.78, 5) is 11.5. The van der Waals surface area contributed by atoms with Crippen molar-refractivity contribution in [1.29, 1.82) is 0 Å². The summed E-state index contributed by atoms with van der Waals surface area (Å²) in [7, 11) is 0. The van der Waals surface area contributed by atoms with Gasteiger partial charge in [0.15, 0.2) is 5.78 Å². The molecule has 84 valence electrons. The molecule has 0 heterocycles. The minimum Gasteiger partial charge on any atom is -0.290 e. The van der Waals surface area contributed by atoms with Crippen LogP contribution in [0.15, 0.2) is 36.4 Å². The van der Waals surface area contributed by atoms with Crippen LogP contribution in [0.1, 0.15) is 11.1 Å². The summed E-state index contributed by atoms with van der Waals surface area (Å²) in [5.41, 5.74) is 2.37. The van der Waals surface area contributed by atoms with Gasteiger partial charge in [-0.3, -0.25) is 4.79 Å². The summed E-state index contributed by atoms with van der Waals surface area (Å²) in [6.07, 6.45) is 11.5. The third kappa shape index (κ3) is 1.25. The van der Waals surface area contributed by atoms with Gasteiger partial charge in [0.1, 0.15) is 0 Å². The van der Waals surface area contributed by atoms with Crippen LogP contribution in [0.5, 0.6) is 0 Å². The van der Waals surface area contributed by atoms with Crippen molar-refractivity contribution < 1.29 is 4.79 Å². The fraction of sp³-hybridized carbons (Fsp3) is 0. The maximum Gasteiger partial charge on any atom is 0.179 e. The van der Waals surface area contributed by atoms with Crippen LogP contribution in [-0.2, 0) is 4.79 Å². The highest BCUT2D eigenvalue weighted by Gasteiger charge is 2.07. The van der Waals surface area contributed by atoms with Crippen molar-refractivity contribution in [3.63, 3.8) is 0 Å². The minimum atomic E-state index is 0.0672. The van der Waals surface area contributed by atoms with Crippen LogP contribution in [0.2, 0.25) is 0 Å². The third-order valence-electron chi connectivity index (χ3n) is 3.56. The smallest absolute Gasteiger partial charge is 0.179 e. The first-order valence-electron chi connectivity index (χ1n) is 6.00. The molecule has 0 radical (unpaired) electrons. The van der Waals surface area contributed by atoms with Crippen LogP contribution in [0.25, 0.3) is 35.1 Å². The van der Waals surface area contributed by atoms with E-state index in [2.05, 4.69) is 42.5 Å². The van der Waals surface area contributed by atoms with E-state index in [1.165, 1.54) is 16.2 Å². The van der Waals surface area contributed by atoms with Gasteiger partial charge in [0.25, 0.3) is 0 Å². The van der Waals surface area contributed by atoms with Crippen molar-refractivity contribution in [2.75, 3.05) is 0 Å². The van der Waals surface area contributed by atoms with E-state index in [0.29, 0.717) is 0 Å². The molecule has 2 aromatic carbocycles. The topological polar surface area (TPSA) is 17.1 Å². The van der Waals surface area contributed by atoms with E-state index in [4.69, 9.17) is 0 Å². The number of benzene rings is 2. The summed E-state index contributed by atoms with van der Waals surface area (Å²) in [6, 6.07) is 8.55. The molecule has 0 atom stereocenters. The van der Waals surface area contributed by atoms with Gasteiger partial charge in [-0.2, -0.15) is 0 Å². The molecule has 1 nitrogen and oxygen atoms in total. The largest absolute Gasteiger partial charge is 0.290 e. The zero-order valence-corrected chi connectivity index (χ0v) is 9.68. The lowest BCUT2D eigenvalue weighted by Gasteiger charge is -2.07. The van der Waals surface area contributed by atoms with Crippen molar-refractivity contribution in [2.45, 2.75) is 0 Å². The van der Waals surface area contributed by atoms with Gasteiger partial charge in [0.05, 0.1) is 0 Å². The first kappa shape index (κ1) is 9.60. The number of hydrogen-bond donors (Lipinski definition) is 0. The maximum atomic E-state index is 11.5. The fourth-order valence-electron chi connectivity index (χ4n) is 2.66. The summed E-state index contributed by atoms with van der Waals surface area (Å²) in [5.74, 6) is 0.0672. The zero-order valence-electron chi connectivity index (χ0n) is 9.68. The van der Waals surface area contributed by atoms with Gasteiger partial charge in [-0.1, -0.05) is 36.4 Å². The van der Waals surface area contributed by atoms with E-state index in [-0.39, 0.29) is 5.78 Å². The molecule has 0 aromatic heterocycles. The number of hydrogen-bond acceptors (Lipinski definition) is 1. The first-order chi connectivity index (χ1) is 8.81. The van der Waals surface area contributed by atoms with Crippen molar-refractivity contribution in [3.8, 4) is 0 Å². The highest BCUT2D eigenvalue weighted by Crippen LogP contribution is 2.16. The molecule has 2 aliphatic rings. The molecule has 2 aliphatic carbocycles. The molecule has 0 saturated carbocycles. The summed E-state index contributed by atoms with van der Waals surface area (Å²) >= 11 is 0. The van der Waals surface area contributed by atoms with E-state index in [0.717, 1.165) is 16.2 Å². The van der Waals surface area contributed by atoms with E-state index in [1.54, 1.807) is 12.2 Å². The van der Waals surface area contributed by atoms with E-state index in [9.17, 15) is 4.79 Å². The average Bonchev–Trinajstić information content (AvgIpc) is 2.83. The summed E-state index contributed by atoms with van der Waals surface area (Å²) < 4.78 is 0. The third-order valence-corrected chi connectivity index (χ3v) is 3.56. The van der Waals surface area contributed by atoms with Gasteiger partial charge in [-0.25, -0.2) is 0 Å². The number of carbonyl (C=O) groups excluding carboxylic acids is 1. The zero-order chi connectivity index (χ0) is 12.1. The van der Waals surface area contributed by atoms with Crippen molar-refractivity contribution in [2.24, 2.45) is 0 Å². The number of carbonyl (C=O) groups is 1. The highest BCUT2D eigenvalue weighted by atomic mass is 16.1. The number of rotatable bonds is 0. The lowest BCUT2D eigenvalue weighted by molar-refractivity contribution is -0.109. The Bertz CT molecular complexity index is 880. The Labute approximate surface area is 104 Å². The molecule has 0 N–H and O–H groups in total. The van der Waals surface area contributed by atoms with E-state index in [1.807, 2.05) is 6.08 Å². The number of ketones is 1. The Morgan fingerprint density at radius 1 is 0.889 bits per heavy atom. The quantitative estimate of drug-likeness (QED) is 0.676. The van der Waals surface area contributed by atoms with Crippen LogP contribution < -0.4 is 10.4 Å². The van der Waals surface area contributed by atoms with Gasteiger partial charge < -0.3 is 0 Å². The Kier molecular flexibility index (Phi) is 1.76. The normalized spacial score (nSPS) is 15.2. The van der Waals surface area contributed by atoms with Gasteiger partial charge in [-0.05, 0) is 56.6 Å². The predicted molar refractivity (Wildman–Crippen MR) is 75.2 cm³/mol. The molecule has 0 aliphatic heterocycles. The van der Waals surface area contributed by atoms with Crippen molar-refractivity contribution in [1.82, 2.24) is 0 Å². The fourth-order valence-corrected chi connectivity index (χ4v) is 2.66. The van der Waals surface area contributed by atoms with Crippen molar-refractivity contribution >= 4 is 40.9 Å². The van der Waals surface area contributed by atoms with Crippen LogP contribution in [0.4, 0.5) is 0 Å². The lowest BCUT2D eigenvalue weighted by Crippen LogP contribution is -2.15. The standard InChI is InChI=1S/C17H10O/c18-15-7-6-11-4-5-14-8-12-2-1-3-13(12)9-16(14)17(11)10-15/h1-10H. The molecule has 4 rings (SSSR count). The van der Waals surface area contributed by atoms with Crippen molar-refractivity contribution in [3.05, 3.63) is 58.0 Å².